The Kier molecular flexibility index (Phi) is 4.44. The first-order chi connectivity index (χ1) is 10.2. The fraction of sp³-hybridized carbons (Fsp3) is 0.188. The van der Waals surface area contributed by atoms with E-state index in [-0.39, 0.29) is 0 Å². The smallest absolute Gasteiger partial charge is 0.121 e. The zero-order chi connectivity index (χ0) is 14.7. The summed E-state index contributed by atoms with van der Waals surface area (Å²) in [6.07, 6.45) is 0.937. The van der Waals surface area contributed by atoms with Crippen molar-refractivity contribution >= 4 is 34.2 Å². The van der Waals surface area contributed by atoms with E-state index in [4.69, 9.17) is 23.2 Å². The molecule has 5 heteroatoms. The number of H-pyrrole nitrogens is 1. The van der Waals surface area contributed by atoms with E-state index >= 15 is 0 Å². The average molecular weight is 320 g/mol. The lowest BCUT2D eigenvalue weighted by molar-refractivity contribution is 0.666. The Bertz CT molecular complexity index is 752. The molecule has 3 rings (SSSR count). The van der Waals surface area contributed by atoms with Crippen molar-refractivity contribution < 1.29 is 0 Å². The zero-order valence-electron chi connectivity index (χ0n) is 11.4. The van der Waals surface area contributed by atoms with Crippen molar-refractivity contribution in [1.82, 2.24) is 15.3 Å². The molecule has 2 N–H and O–H groups in total. The van der Waals surface area contributed by atoms with Crippen LogP contribution in [0.5, 0.6) is 0 Å². The summed E-state index contributed by atoms with van der Waals surface area (Å²) < 4.78 is 0. The quantitative estimate of drug-likeness (QED) is 0.692. The SMILES string of the molecule is Clc1cccc(CCNCc2nc3ccc(Cl)cc3[nH]2)c1. The molecule has 0 aliphatic rings. The Morgan fingerprint density at radius 3 is 2.76 bits per heavy atom. The van der Waals surface area contributed by atoms with E-state index in [0.717, 1.165) is 34.8 Å². The molecule has 0 fully saturated rings. The Morgan fingerprint density at radius 1 is 1.05 bits per heavy atom. The van der Waals surface area contributed by atoms with E-state index in [1.165, 1.54) is 5.56 Å². The van der Waals surface area contributed by atoms with Crippen LogP contribution < -0.4 is 5.32 Å². The van der Waals surface area contributed by atoms with Gasteiger partial charge in [-0.05, 0) is 48.9 Å². The molecule has 0 radical (unpaired) electrons. The number of halogens is 2. The van der Waals surface area contributed by atoms with Crippen LogP contribution in [0, 0.1) is 0 Å². The lowest BCUT2D eigenvalue weighted by Crippen LogP contribution is -2.17. The Morgan fingerprint density at radius 2 is 1.90 bits per heavy atom. The monoisotopic (exact) mass is 319 g/mol. The predicted molar refractivity (Wildman–Crippen MR) is 88.0 cm³/mol. The van der Waals surface area contributed by atoms with Gasteiger partial charge in [-0.1, -0.05) is 35.3 Å². The van der Waals surface area contributed by atoms with Crippen LogP contribution in [0.2, 0.25) is 10.0 Å². The fourth-order valence-corrected chi connectivity index (χ4v) is 2.64. The second-order valence-corrected chi connectivity index (χ2v) is 5.77. The molecule has 0 bridgehead atoms. The van der Waals surface area contributed by atoms with Crippen LogP contribution in [-0.4, -0.2) is 16.5 Å². The van der Waals surface area contributed by atoms with Crippen molar-refractivity contribution in [3.8, 4) is 0 Å². The summed E-state index contributed by atoms with van der Waals surface area (Å²) >= 11 is 11.9. The third kappa shape index (κ3) is 3.76. The molecular formula is C16H15Cl2N3. The molecule has 0 spiro atoms. The molecule has 21 heavy (non-hydrogen) atoms. The highest BCUT2D eigenvalue weighted by atomic mass is 35.5. The van der Waals surface area contributed by atoms with Gasteiger partial charge in [-0.3, -0.25) is 0 Å². The minimum Gasteiger partial charge on any atom is -0.341 e. The second kappa shape index (κ2) is 6.48. The zero-order valence-corrected chi connectivity index (χ0v) is 12.9. The fourth-order valence-electron chi connectivity index (χ4n) is 2.25. The first-order valence-corrected chi connectivity index (χ1v) is 7.55. The molecule has 0 aliphatic heterocycles. The number of hydrogen-bond acceptors (Lipinski definition) is 2. The molecule has 2 aromatic carbocycles. The van der Waals surface area contributed by atoms with Crippen molar-refractivity contribution in [2.75, 3.05) is 6.54 Å². The summed E-state index contributed by atoms with van der Waals surface area (Å²) in [5.41, 5.74) is 3.13. The third-order valence-corrected chi connectivity index (χ3v) is 3.74. The normalized spacial score (nSPS) is 11.1. The van der Waals surface area contributed by atoms with Gasteiger partial charge in [0.1, 0.15) is 5.82 Å². The lowest BCUT2D eigenvalue weighted by Gasteiger charge is -2.03. The highest BCUT2D eigenvalue weighted by Crippen LogP contribution is 2.17. The number of rotatable bonds is 5. The molecule has 0 aliphatic carbocycles. The molecule has 0 unspecified atom stereocenters. The van der Waals surface area contributed by atoms with Crippen molar-refractivity contribution in [3.05, 3.63) is 63.9 Å². The number of hydrogen-bond donors (Lipinski definition) is 2. The van der Waals surface area contributed by atoms with Crippen molar-refractivity contribution in [2.24, 2.45) is 0 Å². The Balaban J connectivity index is 1.54. The maximum Gasteiger partial charge on any atom is 0.121 e. The van der Waals surface area contributed by atoms with Crippen LogP contribution in [0.4, 0.5) is 0 Å². The maximum atomic E-state index is 5.97. The maximum absolute atomic E-state index is 5.97. The van der Waals surface area contributed by atoms with Crippen LogP contribution in [0.25, 0.3) is 11.0 Å². The van der Waals surface area contributed by atoms with Crippen LogP contribution in [-0.2, 0) is 13.0 Å². The van der Waals surface area contributed by atoms with Gasteiger partial charge in [0.05, 0.1) is 17.6 Å². The number of fused-ring (bicyclic) bond motifs is 1. The topological polar surface area (TPSA) is 40.7 Å². The Hall–Kier alpha value is -1.55. The van der Waals surface area contributed by atoms with Gasteiger partial charge < -0.3 is 10.3 Å². The van der Waals surface area contributed by atoms with Gasteiger partial charge in [-0.25, -0.2) is 4.98 Å². The number of nitrogens with zero attached hydrogens (tertiary/aromatic N) is 1. The van der Waals surface area contributed by atoms with Gasteiger partial charge in [-0.15, -0.1) is 0 Å². The van der Waals surface area contributed by atoms with Crippen LogP contribution >= 0.6 is 23.2 Å². The highest BCUT2D eigenvalue weighted by Gasteiger charge is 2.03. The van der Waals surface area contributed by atoms with Crippen LogP contribution in [0.3, 0.4) is 0 Å². The molecule has 0 atom stereocenters. The summed E-state index contributed by atoms with van der Waals surface area (Å²) in [6.45, 7) is 1.57. The molecule has 3 aromatic rings. The molecule has 1 aromatic heterocycles. The van der Waals surface area contributed by atoms with E-state index in [0.29, 0.717) is 11.6 Å². The number of benzene rings is 2. The van der Waals surface area contributed by atoms with Crippen molar-refractivity contribution in [3.63, 3.8) is 0 Å². The minimum atomic E-state index is 0.701. The van der Waals surface area contributed by atoms with Crippen LogP contribution in [0.1, 0.15) is 11.4 Å². The molecule has 3 nitrogen and oxygen atoms in total. The largest absolute Gasteiger partial charge is 0.341 e. The molecule has 0 saturated carbocycles. The van der Waals surface area contributed by atoms with E-state index in [2.05, 4.69) is 21.4 Å². The van der Waals surface area contributed by atoms with Gasteiger partial charge in [0.2, 0.25) is 0 Å². The standard InChI is InChI=1S/C16H15Cl2N3/c17-12-3-1-2-11(8-12)6-7-19-10-16-20-14-5-4-13(18)9-15(14)21-16/h1-5,8-9,19H,6-7,10H2,(H,20,21). The second-order valence-electron chi connectivity index (χ2n) is 4.90. The summed E-state index contributed by atoms with van der Waals surface area (Å²) in [5, 5.41) is 4.87. The first-order valence-electron chi connectivity index (χ1n) is 6.80. The van der Waals surface area contributed by atoms with Gasteiger partial charge >= 0.3 is 0 Å². The van der Waals surface area contributed by atoms with E-state index in [9.17, 15) is 0 Å². The summed E-state index contributed by atoms with van der Waals surface area (Å²) in [5.74, 6) is 0.915. The number of nitrogens with one attached hydrogen (secondary N) is 2. The van der Waals surface area contributed by atoms with E-state index in [1.807, 2.05) is 36.4 Å². The highest BCUT2D eigenvalue weighted by molar-refractivity contribution is 6.31. The van der Waals surface area contributed by atoms with Gasteiger partial charge in [-0.2, -0.15) is 0 Å². The summed E-state index contributed by atoms with van der Waals surface area (Å²) in [6, 6.07) is 13.6. The van der Waals surface area contributed by atoms with Gasteiger partial charge in [0.25, 0.3) is 0 Å². The first kappa shape index (κ1) is 14.4. The Labute approximate surface area is 133 Å². The van der Waals surface area contributed by atoms with E-state index < -0.39 is 0 Å². The molecular weight excluding hydrogens is 305 g/mol. The third-order valence-electron chi connectivity index (χ3n) is 3.26. The van der Waals surface area contributed by atoms with Crippen molar-refractivity contribution in [2.45, 2.75) is 13.0 Å². The molecule has 108 valence electrons. The summed E-state index contributed by atoms with van der Waals surface area (Å²) in [4.78, 5) is 7.78. The van der Waals surface area contributed by atoms with Crippen molar-refractivity contribution in [1.29, 1.82) is 0 Å². The molecule has 1 heterocycles. The minimum absolute atomic E-state index is 0.701. The lowest BCUT2D eigenvalue weighted by atomic mass is 10.1. The van der Waals surface area contributed by atoms with E-state index in [1.54, 1.807) is 0 Å². The van der Waals surface area contributed by atoms with Gasteiger partial charge in [0, 0.05) is 10.0 Å². The van der Waals surface area contributed by atoms with Crippen LogP contribution in [0.15, 0.2) is 42.5 Å². The number of imidazole rings is 1. The predicted octanol–water partition coefficient (Wildman–Crippen LogP) is 4.20. The molecule has 0 saturated heterocycles. The molecule has 0 amide bonds. The average Bonchev–Trinajstić information content (AvgIpc) is 2.85. The summed E-state index contributed by atoms with van der Waals surface area (Å²) in [7, 11) is 0. The van der Waals surface area contributed by atoms with Gasteiger partial charge in [0.15, 0.2) is 0 Å². The number of aromatic nitrogens is 2. The number of aromatic amines is 1.